The summed E-state index contributed by atoms with van der Waals surface area (Å²) >= 11 is 1.49. The molecule has 2 atom stereocenters. The van der Waals surface area contributed by atoms with Gasteiger partial charge in [0, 0.05) is 13.1 Å². The van der Waals surface area contributed by atoms with E-state index in [1.54, 1.807) is 6.33 Å². The minimum absolute atomic E-state index is 0.235. The van der Waals surface area contributed by atoms with Crippen molar-refractivity contribution in [1.29, 1.82) is 0 Å². The highest BCUT2D eigenvalue weighted by molar-refractivity contribution is 7.99. The lowest BCUT2D eigenvalue weighted by Crippen LogP contribution is -2.45. The Morgan fingerprint density at radius 2 is 2.00 bits per heavy atom. The molecule has 0 spiro atoms. The first kappa shape index (κ1) is 17.6. The first-order valence-electron chi connectivity index (χ1n) is 9.59. The van der Waals surface area contributed by atoms with Crippen LogP contribution in [-0.4, -0.2) is 44.4 Å². The minimum atomic E-state index is 0.235. The van der Waals surface area contributed by atoms with Crippen LogP contribution in [0.3, 0.4) is 0 Å². The highest BCUT2D eigenvalue weighted by Gasteiger charge is 2.32. The smallest absolute Gasteiger partial charge is 0.233 e. The van der Waals surface area contributed by atoms with E-state index in [-0.39, 0.29) is 5.91 Å². The van der Waals surface area contributed by atoms with Crippen LogP contribution in [0.15, 0.2) is 35.7 Å². The predicted molar refractivity (Wildman–Crippen MR) is 103 cm³/mol. The van der Waals surface area contributed by atoms with Gasteiger partial charge < -0.3 is 4.90 Å². The molecule has 1 aromatic heterocycles. The highest BCUT2D eigenvalue weighted by atomic mass is 32.2. The number of piperidine rings is 1. The zero-order chi connectivity index (χ0) is 17.9. The van der Waals surface area contributed by atoms with Gasteiger partial charge in [-0.3, -0.25) is 9.36 Å². The van der Waals surface area contributed by atoms with E-state index in [9.17, 15) is 4.79 Å². The summed E-state index contributed by atoms with van der Waals surface area (Å²) in [6.45, 7) is 3.95. The number of hydrogen-bond donors (Lipinski definition) is 0. The molecule has 2 aliphatic rings. The molecule has 0 N–H and O–H groups in total. The SMILES string of the molecule is Cc1ccccc1-n1cnnc1SCC(=O)N1CC[C@@H]2CCCC[C@H]2C1. The molecule has 6 heteroatoms. The molecule has 2 fully saturated rings. The Hall–Kier alpha value is -1.82. The fourth-order valence-electron chi connectivity index (χ4n) is 4.37. The van der Waals surface area contributed by atoms with Crippen LogP contribution in [0.25, 0.3) is 5.69 Å². The van der Waals surface area contributed by atoms with Crippen molar-refractivity contribution < 1.29 is 4.79 Å². The van der Waals surface area contributed by atoms with Gasteiger partial charge >= 0.3 is 0 Å². The summed E-state index contributed by atoms with van der Waals surface area (Å²) in [6, 6.07) is 8.16. The number of thioether (sulfide) groups is 1. The lowest BCUT2D eigenvalue weighted by atomic mass is 9.75. The van der Waals surface area contributed by atoms with E-state index in [2.05, 4.69) is 34.2 Å². The molecule has 0 bridgehead atoms. The third-order valence-corrected chi connectivity index (χ3v) is 6.79. The molecule has 1 aliphatic heterocycles. The average molecular weight is 371 g/mol. The summed E-state index contributed by atoms with van der Waals surface area (Å²) < 4.78 is 1.97. The van der Waals surface area contributed by atoms with Crippen LogP contribution in [-0.2, 0) is 4.79 Å². The van der Waals surface area contributed by atoms with E-state index in [0.29, 0.717) is 5.75 Å². The highest BCUT2D eigenvalue weighted by Crippen LogP contribution is 2.36. The third-order valence-electron chi connectivity index (χ3n) is 5.86. The summed E-state index contributed by atoms with van der Waals surface area (Å²) in [5, 5.41) is 9.05. The number of amides is 1. The van der Waals surface area contributed by atoms with E-state index in [4.69, 9.17) is 0 Å². The van der Waals surface area contributed by atoms with Crippen LogP contribution >= 0.6 is 11.8 Å². The standard InChI is InChI=1S/C20H26N4OS/c1-15-6-2-5-9-18(15)24-14-21-22-20(24)26-13-19(25)23-11-10-16-7-3-4-8-17(16)12-23/h2,5-6,9,14,16-17H,3-4,7-8,10-13H2,1H3/t16-,17-/m0/s1. The Morgan fingerprint density at radius 1 is 1.19 bits per heavy atom. The van der Waals surface area contributed by atoms with Gasteiger partial charge in [0.15, 0.2) is 5.16 Å². The molecule has 1 aromatic carbocycles. The quantitative estimate of drug-likeness (QED) is 0.770. The second kappa shape index (κ2) is 7.82. The van der Waals surface area contributed by atoms with Crippen molar-refractivity contribution in [3.8, 4) is 5.69 Å². The molecule has 5 nitrogen and oxygen atoms in total. The van der Waals surface area contributed by atoms with Crippen LogP contribution in [0.5, 0.6) is 0 Å². The van der Waals surface area contributed by atoms with Crippen LogP contribution in [0.2, 0.25) is 0 Å². The summed E-state index contributed by atoms with van der Waals surface area (Å²) in [7, 11) is 0. The molecular weight excluding hydrogens is 344 g/mol. The van der Waals surface area contributed by atoms with Crippen molar-refractivity contribution in [2.45, 2.75) is 44.2 Å². The largest absolute Gasteiger partial charge is 0.342 e. The number of carbonyl (C=O) groups excluding carboxylic acids is 1. The number of aryl methyl sites for hydroxylation is 1. The number of para-hydroxylation sites is 1. The number of hydrogen-bond acceptors (Lipinski definition) is 4. The number of benzene rings is 1. The second-order valence-electron chi connectivity index (χ2n) is 7.49. The molecule has 1 saturated carbocycles. The summed E-state index contributed by atoms with van der Waals surface area (Å²) in [5.41, 5.74) is 2.23. The lowest BCUT2D eigenvalue weighted by Gasteiger charge is -2.41. The van der Waals surface area contributed by atoms with E-state index in [1.807, 2.05) is 16.7 Å². The first-order valence-corrected chi connectivity index (χ1v) is 10.6. The molecule has 2 aromatic rings. The van der Waals surface area contributed by atoms with Gasteiger partial charge in [-0.2, -0.15) is 0 Å². The molecule has 0 unspecified atom stereocenters. The number of carbonyl (C=O) groups is 1. The van der Waals surface area contributed by atoms with E-state index >= 15 is 0 Å². The van der Waals surface area contributed by atoms with Gasteiger partial charge in [-0.1, -0.05) is 49.2 Å². The van der Waals surface area contributed by atoms with Gasteiger partial charge in [-0.25, -0.2) is 0 Å². The molecule has 1 amide bonds. The Balaban J connectivity index is 1.38. The van der Waals surface area contributed by atoms with Crippen LogP contribution in [0.1, 0.15) is 37.7 Å². The molecular formula is C20H26N4OS. The van der Waals surface area contributed by atoms with Crippen molar-refractivity contribution in [2.75, 3.05) is 18.8 Å². The fraction of sp³-hybridized carbons (Fsp3) is 0.550. The molecule has 1 saturated heterocycles. The van der Waals surface area contributed by atoms with Crippen molar-refractivity contribution in [3.63, 3.8) is 0 Å². The van der Waals surface area contributed by atoms with Gasteiger partial charge in [-0.15, -0.1) is 10.2 Å². The molecule has 138 valence electrons. The Kier molecular flexibility index (Phi) is 5.29. The van der Waals surface area contributed by atoms with Crippen molar-refractivity contribution in [1.82, 2.24) is 19.7 Å². The first-order chi connectivity index (χ1) is 12.7. The molecule has 0 radical (unpaired) electrons. The monoisotopic (exact) mass is 370 g/mol. The summed E-state index contributed by atoms with van der Waals surface area (Å²) in [6.07, 6.45) is 8.27. The topological polar surface area (TPSA) is 51.0 Å². The normalized spacial score (nSPS) is 22.9. The van der Waals surface area contributed by atoms with Crippen molar-refractivity contribution in [3.05, 3.63) is 36.2 Å². The second-order valence-corrected chi connectivity index (χ2v) is 8.43. The van der Waals surface area contributed by atoms with Crippen LogP contribution < -0.4 is 0 Å². The minimum Gasteiger partial charge on any atom is -0.342 e. The van der Waals surface area contributed by atoms with Crippen molar-refractivity contribution >= 4 is 17.7 Å². The summed E-state index contributed by atoms with van der Waals surface area (Å²) in [5.74, 6) is 2.24. The molecule has 2 heterocycles. The van der Waals surface area contributed by atoms with Crippen molar-refractivity contribution in [2.24, 2.45) is 11.8 Å². The van der Waals surface area contributed by atoms with Gasteiger partial charge in [0.2, 0.25) is 5.91 Å². The van der Waals surface area contributed by atoms with Gasteiger partial charge in [0.25, 0.3) is 0 Å². The Labute approximate surface area is 159 Å². The van der Waals surface area contributed by atoms with Gasteiger partial charge in [0.1, 0.15) is 6.33 Å². The van der Waals surface area contributed by atoms with E-state index in [0.717, 1.165) is 35.8 Å². The van der Waals surface area contributed by atoms with E-state index < -0.39 is 0 Å². The average Bonchev–Trinajstić information content (AvgIpc) is 3.14. The molecule has 26 heavy (non-hydrogen) atoms. The maximum absolute atomic E-state index is 12.7. The Bertz CT molecular complexity index is 775. The van der Waals surface area contributed by atoms with E-state index in [1.165, 1.54) is 49.4 Å². The summed E-state index contributed by atoms with van der Waals surface area (Å²) in [4.78, 5) is 14.8. The molecule has 4 rings (SSSR count). The fourth-order valence-corrected chi connectivity index (χ4v) is 5.19. The molecule has 1 aliphatic carbocycles. The number of fused-ring (bicyclic) bond motifs is 1. The number of aromatic nitrogens is 3. The predicted octanol–water partition coefficient (Wildman–Crippen LogP) is 3.71. The maximum atomic E-state index is 12.7. The van der Waals surface area contributed by atoms with Gasteiger partial charge in [0.05, 0.1) is 11.4 Å². The number of rotatable bonds is 4. The van der Waals surface area contributed by atoms with Crippen LogP contribution in [0.4, 0.5) is 0 Å². The number of nitrogens with zero attached hydrogens (tertiary/aromatic N) is 4. The maximum Gasteiger partial charge on any atom is 0.233 e. The Morgan fingerprint density at radius 3 is 2.85 bits per heavy atom. The van der Waals surface area contributed by atoms with Crippen LogP contribution in [0, 0.1) is 18.8 Å². The zero-order valence-electron chi connectivity index (χ0n) is 15.3. The lowest BCUT2D eigenvalue weighted by molar-refractivity contribution is -0.131. The van der Waals surface area contributed by atoms with Gasteiger partial charge in [-0.05, 0) is 43.2 Å². The number of likely N-dealkylation sites (tertiary alicyclic amines) is 1. The zero-order valence-corrected chi connectivity index (χ0v) is 16.1. The third kappa shape index (κ3) is 3.65.